The average molecular weight is 298 g/mol. The number of thioether (sulfide) groups is 1. The van der Waals surface area contributed by atoms with E-state index in [4.69, 9.17) is 0 Å². The van der Waals surface area contributed by atoms with E-state index in [0.29, 0.717) is 6.04 Å². The SMILES string of the molecule is CN=C(NCCCCSC)NC1CC1C1CCCCC1. The molecule has 0 radical (unpaired) electrons. The fraction of sp³-hybridized carbons (Fsp3) is 0.938. The van der Waals surface area contributed by atoms with E-state index in [1.54, 1.807) is 0 Å². The van der Waals surface area contributed by atoms with Crippen LogP contribution in [0.15, 0.2) is 4.99 Å². The van der Waals surface area contributed by atoms with E-state index in [9.17, 15) is 0 Å². The van der Waals surface area contributed by atoms with Crippen molar-refractivity contribution >= 4 is 17.7 Å². The first-order valence-electron chi connectivity index (χ1n) is 8.31. The van der Waals surface area contributed by atoms with E-state index < -0.39 is 0 Å². The highest BCUT2D eigenvalue weighted by Gasteiger charge is 2.43. The standard InChI is InChI=1S/C16H31N3S/c1-17-16(18-10-6-7-11-20-2)19-15-12-14(15)13-8-4-3-5-9-13/h13-15H,3-12H2,1-2H3,(H2,17,18,19). The molecule has 2 saturated carbocycles. The first-order chi connectivity index (χ1) is 9.85. The van der Waals surface area contributed by atoms with Gasteiger partial charge < -0.3 is 10.6 Å². The van der Waals surface area contributed by atoms with Crippen LogP contribution in [0.3, 0.4) is 0 Å². The Balaban J connectivity index is 1.60. The van der Waals surface area contributed by atoms with Crippen molar-refractivity contribution in [2.24, 2.45) is 16.8 Å². The van der Waals surface area contributed by atoms with Crippen molar-refractivity contribution in [2.75, 3.05) is 25.6 Å². The molecular formula is C16H31N3S. The van der Waals surface area contributed by atoms with Crippen molar-refractivity contribution in [1.82, 2.24) is 10.6 Å². The van der Waals surface area contributed by atoms with Crippen molar-refractivity contribution < 1.29 is 0 Å². The number of hydrogen-bond acceptors (Lipinski definition) is 2. The Bertz CT molecular complexity index is 300. The topological polar surface area (TPSA) is 36.4 Å². The summed E-state index contributed by atoms with van der Waals surface area (Å²) >= 11 is 1.93. The summed E-state index contributed by atoms with van der Waals surface area (Å²) in [6.45, 7) is 1.04. The summed E-state index contributed by atoms with van der Waals surface area (Å²) in [4.78, 5) is 4.35. The van der Waals surface area contributed by atoms with Gasteiger partial charge in [0, 0.05) is 19.6 Å². The molecule has 0 saturated heterocycles. The van der Waals surface area contributed by atoms with Gasteiger partial charge in [0.15, 0.2) is 5.96 Å². The molecule has 2 fully saturated rings. The van der Waals surface area contributed by atoms with E-state index in [1.807, 2.05) is 18.8 Å². The summed E-state index contributed by atoms with van der Waals surface area (Å²) in [5.74, 6) is 4.18. The number of unbranched alkanes of at least 4 members (excludes halogenated alkanes) is 1. The Kier molecular flexibility index (Phi) is 7.05. The molecule has 2 atom stereocenters. The van der Waals surface area contributed by atoms with Crippen LogP contribution in [0.2, 0.25) is 0 Å². The number of hydrogen-bond donors (Lipinski definition) is 2. The van der Waals surface area contributed by atoms with Gasteiger partial charge in [-0.1, -0.05) is 32.1 Å². The second-order valence-corrected chi connectivity index (χ2v) is 7.23. The van der Waals surface area contributed by atoms with E-state index in [2.05, 4.69) is 21.9 Å². The maximum absolute atomic E-state index is 4.35. The Morgan fingerprint density at radius 2 is 2.00 bits per heavy atom. The van der Waals surface area contributed by atoms with Gasteiger partial charge in [0.1, 0.15) is 0 Å². The van der Waals surface area contributed by atoms with Crippen LogP contribution in [-0.4, -0.2) is 37.6 Å². The molecule has 0 aromatic rings. The second kappa shape index (κ2) is 8.81. The molecule has 0 aliphatic heterocycles. The highest BCUT2D eigenvalue weighted by atomic mass is 32.2. The van der Waals surface area contributed by atoms with Gasteiger partial charge in [-0.3, -0.25) is 4.99 Å². The van der Waals surface area contributed by atoms with Gasteiger partial charge in [0.05, 0.1) is 0 Å². The smallest absolute Gasteiger partial charge is 0.191 e. The van der Waals surface area contributed by atoms with Gasteiger partial charge in [0.2, 0.25) is 0 Å². The molecule has 2 aliphatic carbocycles. The zero-order valence-electron chi connectivity index (χ0n) is 13.2. The van der Waals surface area contributed by atoms with Crippen molar-refractivity contribution in [1.29, 1.82) is 0 Å². The molecule has 0 heterocycles. The van der Waals surface area contributed by atoms with Gasteiger partial charge in [0.25, 0.3) is 0 Å². The lowest BCUT2D eigenvalue weighted by molar-refractivity contribution is 0.315. The van der Waals surface area contributed by atoms with Crippen molar-refractivity contribution in [3.05, 3.63) is 0 Å². The number of nitrogens with zero attached hydrogens (tertiary/aromatic N) is 1. The van der Waals surface area contributed by atoms with Crippen LogP contribution in [0.4, 0.5) is 0 Å². The molecule has 4 heteroatoms. The monoisotopic (exact) mass is 297 g/mol. The van der Waals surface area contributed by atoms with Gasteiger partial charge >= 0.3 is 0 Å². The quantitative estimate of drug-likeness (QED) is 0.430. The molecule has 116 valence electrons. The van der Waals surface area contributed by atoms with E-state index in [-0.39, 0.29) is 0 Å². The molecule has 2 N–H and O–H groups in total. The predicted molar refractivity (Wildman–Crippen MR) is 90.6 cm³/mol. The molecule has 0 aromatic heterocycles. The zero-order chi connectivity index (χ0) is 14.2. The van der Waals surface area contributed by atoms with Crippen LogP contribution in [-0.2, 0) is 0 Å². The Morgan fingerprint density at radius 3 is 2.70 bits per heavy atom. The number of guanidine groups is 1. The largest absolute Gasteiger partial charge is 0.356 e. The van der Waals surface area contributed by atoms with Crippen LogP contribution in [0.1, 0.15) is 51.4 Å². The van der Waals surface area contributed by atoms with Gasteiger partial charge in [-0.05, 0) is 43.1 Å². The fourth-order valence-corrected chi connectivity index (χ4v) is 3.91. The minimum atomic E-state index is 0.690. The van der Waals surface area contributed by atoms with E-state index in [1.165, 1.54) is 57.1 Å². The number of rotatable bonds is 7. The molecule has 2 rings (SSSR count). The van der Waals surface area contributed by atoms with Gasteiger partial charge in [-0.15, -0.1) is 0 Å². The molecule has 0 bridgehead atoms. The van der Waals surface area contributed by atoms with Gasteiger partial charge in [-0.2, -0.15) is 11.8 Å². The Hall–Kier alpha value is -0.380. The van der Waals surface area contributed by atoms with Crippen LogP contribution < -0.4 is 10.6 Å². The lowest BCUT2D eigenvalue weighted by Crippen LogP contribution is -2.40. The highest BCUT2D eigenvalue weighted by molar-refractivity contribution is 7.98. The third-order valence-electron chi connectivity index (χ3n) is 4.71. The maximum atomic E-state index is 4.35. The lowest BCUT2D eigenvalue weighted by atomic mass is 9.85. The number of aliphatic imine (C=N–C) groups is 1. The lowest BCUT2D eigenvalue weighted by Gasteiger charge is -2.22. The fourth-order valence-electron chi connectivity index (χ4n) is 3.41. The maximum Gasteiger partial charge on any atom is 0.191 e. The predicted octanol–water partition coefficient (Wildman–Crippen LogP) is 3.26. The summed E-state index contributed by atoms with van der Waals surface area (Å²) in [6.07, 6.45) is 13.3. The molecule has 0 amide bonds. The summed E-state index contributed by atoms with van der Waals surface area (Å²) < 4.78 is 0. The van der Waals surface area contributed by atoms with E-state index in [0.717, 1.165) is 24.3 Å². The molecule has 2 unspecified atom stereocenters. The minimum Gasteiger partial charge on any atom is -0.356 e. The average Bonchev–Trinajstić information content (AvgIpc) is 3.26. The molecule has 2 aliphatic rings. The summed E-state index contributed by atoms with van der Waals surface area (Å²) in [7, 11) is 1.88. The van der Waals surface area contributed by atoms with Crippen LogP contribution in [0.5, 0.6) is 0 Å². The van der Waals surface area contributed by atoms with Crippen LogP contribution in [0, 0.1) is 11.8 Å². The molecule has 20 heavy (non-hydrogen) atoms. The zero-order valence-corrected chi connectivity index (χ0v) is 14.0. The third kappa shape index (κ3) is 5.19. The van der Waals surface area contributed by atoms with Crippen molar-refractivity contribution in [3.8, 4) is 0 Å². The summed E-state index contributed by atoms with van der Waals surface area (Å²) in [5.41, 5.74) is 0. The Morgan fingerprint density at radius 1 is 1.20 bits per heavy atom. The Labute approximate surface area is 128 Å². The first kappa shape index (κ1) is 16.0. The normalized spacial score (nSPS) is 27.4. The van der Waals surface area contributed by atoms with E-state index >= 15 is 0 Å². The first-order valence-corrected chi connectivity index (χ1v) is 9.70. The van der Waals surface area contributed by atoms with Crippen LogP contribution >= 0.6 is 11.8 Å². The molecular weight excluding hydrogens is 266 g/mol. The van der Waals surface area contributed by atoms with Crippen molar-refractivity contribution in [3.63, 3.8) is 0 Å². The summed E-state index contributed by atoms with van der Waals surface area (Å²) in [5, 5.41) is 7.07. The van der Waals surface area contributed by atoms with Crippen molar-refractivity contribution in [2.45, 2.75) is 57.4 Å². The molecule has 0 aromatic carbocycles. The third-order valence-corrected chi connectivity index (χ3v) is 5.41. The van der Waals surface area contributed by atoms with Gasteiger partial charge in [-0.25, -0.2) is 0 Å². The summed E-state index contributed by atoms with van der Waals surface area (Å²) in [6, 6.07) is 0.690. The molecule has 3 nitrogen and oxygen atoms in total. The second-order valence-electron chi connectivity index (χ2n) is 6.25. The highest BCUT2D eigenvalue weighted by Crippen LogP contribution is 2.44. The number of nitrogens with one attached hydrogen (secondary N) is 2. The van der Waals surface area contributed by atoms with Crippen LogP contribution in [0.25, 0.3) is 0 Å². The minimum absolute atomic E-state index is 0.690. The molecule has 0 spiro atoms.